The number of rotatable bonds is 3. The number of ether oxygens (including phenoxy) is 2. The van der Waals surface area contributed by atoms with E-state index in [2.05, 4.69) is 5.32 Å². The van der Waals surface area contributed by atoms with Crippen molar-refractivity contribution >= 4 is 28.5 Å². The molecular weight excluding hydrogens is 373 g/mol. The predicted molar refractivity (Wildman–Crippen MR) is 99.1 cm³/mol. The fourth-order valence-corrected chi connectivity index (χ4v) is 3.35. The quantitative estimate of drug-likeness (QED) is 0.709. The van der Waals surface area contributed by atoms with Crippen LogP contribution in [-0.4, -0.2) is 19.1 Å². The van der Waals surface area contributed by atoms with Gasteiger partial charge in [0.1, 0.15) is 11.4 Å². The predicted octanol–water partition coefficient (Wildman–Crippen LogP) is 4.63. The van der Waals surface area contributed by atoms with Crippen molar-refractivity contribution < 1.29 is 23.1 Å². The number of hydrogen-bond acceptors (Lipinski definition) is 4. The lowest BCUT2D eigenvalue weighted by molar-refractivity contribution is 0.0924. The molecule has 1 amide bonds. The average molecular weight is 390 g/mol. The zero-order valence-electron chi connectivity index (χ0n) is 14.6. The molecule has 140 valence electrons. The average Bonchev–Trinajstić information content (AvgIpc) is 2.82. The van der Waals surface area contributed by atoms with E-state index in [-0.39, 0.29) is 24.0 Å². The summed E-state index contributed by atoms with van der Waals surface area (Å²) in [5, 5.41) is 3.82. The first kappa shape index (κ1) is 17.7. The minimum Gasteiger partial charge on any atom is -0.489 e. The van der Waals surface area contributed by atoms with Crippen molar-refractivity contribution in [2.75, 3.05) is 13.2 Å². The molecule has 0 saturated carbocycles. The topological polar surface area (TPSA) is 60.7 Å². The van der Waals surface area contributed by atoms with Gasteiger partial charge < -0.3 is 19.2 Å². The Labute approximate surface area is 160 Å². The highest BCUT2D eigenvalue weighted by Gasteiger charge is 2.19. The molecule has 0 radical (unpaired) electrons. The SMILES string of the molecule is Cc1c(C(=O)NCc2cc(Cl)c3c(c2)OCCCO3)oc2ccc(F)cc12. The first-order valence-corrected chi connectivity index (χ1v) is 8.95. The summed E-state index contributed by atoms with van der Waals surface area (Å²) >= 11 is 6.27. The number of carbonyl (C=O) groups excluding carboxylic acids is 1. The Morgan fingerprint density at radius 1 is 1.22 bits per heavy atom. The van der Waals surface area contributed by atoms with E-state index >= 15 is 0 Å². The highest BCUT2D eigenvalue weighted by atomic mass is 35.5. The standard InChI is InChI=1S/C20H17ClFNO4/c1-11-14-9-13(22)3-4-16(14)27-18(11)20(24)23-10-12-7-15(21)19-17(8-12)25-5-2-6-26-19/h3-4,7-9H,2,5-6,10H2,1H3,(H,23,24). The molecule has 1 aliphatic rings. The number of carbonyl (C=O) groups is 1. The Bertz CT molecular complexity index is 1030. The van der Waals surface area contributed by atoms with E-state index in [1.54, 1.807) is 19.1 Å². The Balaban J connectivity index is 1.54. The fourth-order valence-electron chi connectivity index (χ4n) is 3.06. The van der Waals surface area contributed by atoms with Crippen molar-refractivity contribution in [2.45, 2.75) is 19.9 Å². The van der Waals surface area contributed by atoms with Crippen molar-refractivity contribution in [1.82, 2.24) is 5.32 Å². The molecule has 27 heavy (non-hydrogen) atoms. The van der Waals surface area contributed by atoms with E-state index in [9.17, 15) is 9.18 Å². The zero-order valence-corrected chi connectivity index (χ0v) is 15.4. The molecule has 0 saturated heterocycles. The third kappa shape index (κ3) is 3.45. The maximum atomic E-state index is 13.4. The minimum atomic E-state index is -0.382. The van der Waals surface area contributed by atoms with Gasteiger partial charge in [-0.25, -0.2) is 4.39 Å². The van der Waals surface area contributed by atoms with Crippen LogP contribution >= 0.6 is 11.6 Å². The van der Waals surface area contributed by atoms with Crippen LogP contribution in [0.25, 0.3) is 11.0 Å². The monoisotopic (exact) mass is 389 g/mol. The van der Waals surface area contributed by atoms with Crippen LogP contribution in [-0.2, 0) is 6.54 Å². The molecule has 1 aliphatic heterocycles. The van der Waals surface area contributed by atoms with E-state index in [1.807, 2.05) is 0 Å². The Morgan fingerprint density at radius 2 is 2.04 bits per heavy atom. The van der Waals surface area contributed by atoms with E-state index in [4.69, 9.17) is 25.5 Å². The molecule has 2 aromatic carbocycles. The molecule has 1 aromatic heterocycles. The van der Waals surface area contributed by atoms with Crippen LogP contribution in [0.1, 0.15) is 28.1 Å². The van der Waals surface area contributed by atoms with Gasteiger partial charge >= 0.3 is 0 Å². The summed E-state index contributed by atoms with van der Waals surface area (Å²) in [7, 11) is 0. The number of fused-ring (bicyclic) bond motifs is 2. The first-order chi connectivity index (χ1) is 13.0. The van der Waals surface area contributed by atoms with Crippen LogP contribution in [0.2, 0.25) is 5.02 Å². The van der Waals surface area contributed by atoms with Gasteiger partial charge in [0.15, 0.2) is 17.3 Å². The number of amides is 1. The lowest BCUT2D eigenvalue weighted by Crippen LogP contribution is -2.23. The first-order valence-electron chi connectivity index (χ1n) is 8.58. The van der Waals surface area contributed by atoms with E-state index < -0.39 is 0 Å². The van der Waals surface area contributed by atoms with Gasteiger partial charge in [0.25, 0.3) is 5.91 Å². The Kier molecular flexibility index (Phi) is 4.66. The van der Waals surface area contributed by atoms with Crippen LogP contribution in [0.15, 0.2) is 34.7 Å². The van der Waals surface area contributed by atoms with Crippen molar-refractivity contribution in [3.8, 4) is 11.5 Å². The summed E-state index contributed by atoms with van der Waals surface area (Å²) < 4.78 is 30.3. The molecule has 0 spiro atoms. The molecule has 5 nitrogen and oxygen atoms in total. The molecule has 4 rings (SSSR count). The second kappa shape index (κ2) is 7.12. The highest BCUT2D eigenvalue weighted by Crippen LogP contribution is 2.38. The van der Waals surface area contributed by atoms with Crippen molar-refractivity contribution in [1.29, 1.82) is 0 Å². The van der Waals surface area contributed by atoms with Gasteiger partial charge in [-0.05, 0) is 42.8 Å². The molecule has 2 heterocycles. The molecule has 0 bridgehead atoms. The molecule has 0 atom stereocenters. The summed E-state index contributed by atoms with van der Waals surface area (Å²) in [5.74, 6) is 0.502. The molecular formula is C20H17ClFNO4. The maximum Gasteiger partial charge on any atom is 0.287 e. The van der Waals surface area contributed by atoms with Gasteiger partial charge in [-0.2, -0.15) is 0 Å². The maximum absolute atomic E-state index is 13.4. The summed E-state index contributed by atoms with van der Waals surface area (Å²) in [6.07, 6.45) is 0.781. The van der Waals surface area contributed by atoms with E-state index in [1.165, 1.54) is 18.2 Å². The van der Waals surface area contributed by atoms with Crippen molar-refractivity contribution in [3.63, 3.8) is 0 Å². The Hall–Kier alpha value is -2.73. The van der Waals surface area contributed by atoms with Crippen LogP contribution in [0.5, 0.6) is 11.5 Å². The zero-order chi connectivity index (χ0) is 19.0. The fraction of sp³-hybridized carbons (Fsp3) is 0.250. The molecule has 1 N–H and O–H groups in total. The number of halogens is 2. The number of aryl methyl sites for hydroxylation is 1. The number of benzene rings is 2. The van der Waals surface area contributed by atoms with Crippen LogP contribution in [0.3, 0.4) is 0 Å². The molecule has 0 aliphatic carbocycles. The summed E-state index contributed by atoms with van der Waals surface area (Å²) in [4.78, 5) is 12.5. The minimum absolute atomic E-state index is 0.163. The second-order valence-electron chi connectivity index (χ2n) is 6.33. The molecule has 7 heteroatoms. The lowest BCUT2D eigenvalue weighted by atomic mass is 10.1. The smallest absolute Gasteiger partial charge is 0.287 e. The lowest BCUT2D eigenvalue weighted by Gasteiger charge is -2.12. The number of nitrogens with one attached hydrogen (secondary N) is 1. The van der Waals surface area contributed by atoms with Gasteiger partial charge in [0, 0.05) is 23.9 Å². The molecule has 0 fully saturated rings. The normalized spacial score (nSPS) is 13.4. The van der Waals surface area contributed by atoms with E-state index in [0.29, 0.717) is 46.3 Å². The third-order valence-corrected chi connectivity index (χ3v) is 4.70. The van der Waals surface area contributed by atoms with Crippen LogP contribution in [0.4, 0.5) is 4.39 Å². The second-order valence-corrected chi connectivity index (χ2v) is 6.74. The van der Waals surface area contributed by atoms with Gasteiger partial charge in [-0.15, -0.1) is 0 Å². The summed E-state index contributed by atoms with van der Waals surface area (Å²) in [5.41, 5.74) is 1.84. The van der Waals surface area contributed by atoms with Gasteiger partial charge in [-0.3, -0.25) is 4.79 Å². The van der Waals surface area contributed by atoms with Gasteiger partial charge in [-0.1, -0.05) is 11.6 Å². The van der Waals surface area contributed by atoms with Crippen molar-refractivity contribution in [3.05, 3.63) is 58.1 Å². The molecule has 0 unspecified atom stereocenters. The van der Waals surface area contributed by atoms with Gasteiger partial charge in [0.05, 0.1) is 18.2 Å². The van der Waals surface area contributed by atoms with Gasteiger partial charge in [0.2, 0.25) is 0 Å². The summed E-state index contributed by atoms with van der Waals surface area (Å²) in [6.45, 7) is 3.06. The Morgan fingerprint density at radius 3 is 2.89 bits per heavy atom. The number of furan rings is 1. The largest absolute Gasteiger partial charge is 0.489 e. The van der Waals surface area contributed by atoms with Crippen LogP contribution in [0, 0.1) is 12.7 Å². The number of hydrogen-bond donors (Lipinski definition) is 1. The highest BCUT2D eigenvalue weighted by molar-refractivity contribution is 6.32. The summed E-state index contributed by atoms with van der Waals surface area (Å²) in [6, 6.07) is 7.70. The third-order valence-electron chi connectivity index (χ3n) is 4.42. The van der Waals surface area contributed by atoms with Crippen molar-refractivity contribution in [2.24, 2.45) is 0 Å². The van der Waals surface area contributed by atoms with E-state index in [0.717, 1.165) is 12.0 Å². The van der Waals surface area contributed by atoms with Crippen LogP contribution < -0.4 is 14.8 Å². The molecule has 3 aromatic rings.